The second-order valence-electron chi connectivity index (χ2n) is 5.37. The van der Waals surface area contributed by atoms with Crippen LogP contribution in [-0.4, -0.2) is 18.3 Å². The Morgan fingerprint density at radius 1 is 1.19 bits per heavy atom. The van der Waals surface area contributed by atoms with E-state index in [0.29, 0.717) is 17.0 Å². The first-order chi connectivity index (χ1) is 10.2. The summed E-state index contributed by atoms with van der Waals surface area (Å²) in [5, 5.41) is 2.73. The van der Waals surface area contributed by atoms with E-state index in [0.717, 1.165) is 12.0 Å². The summed E-state index contributed by atoms with van der Waals surface area (Å²) < 4.78 is 5.30. The maximum atomic E-state index is 12.6. The number of carbonyl (C=O) groups is 2. The lowest BCUT2D eigenvalue weighted by Crippen LogP contribution is -2.27. The summed E-state index contributed by atoms with van der Waals surface area (Å²) in [5.74, 6) is 0.442. The van der Waals surface area contributed by atoms with Gasteiger partial charge in [-0.3, -0.25) is 9.59 Å². The van der Waals surface area contributed by atoms with Gasteiger partial charge < -0.3 is 10.1 Å². The number of ketones is 1. The maximum absolute atomic E-state index is 12.6. The molecule has 0 spiro atoms. The van der Waals surface area contributed by atoms with Crippen LogP contribution in [0, 0.1) is 0 Å². The van der Waals surface area contributed by atoms with E-state index in [1.54, 1.807) is 18.2 Å². The number of anilines is 1. The lowest BCUT2D eigenvalue weighted by atomic mass is 9.74. The molecule has 104 valence electrons. The molecule has 1 N–H and O–H groups in total. The number of Topliss-reactive ketones (excluding diaryl/α,β-unsaturated/α-hetero) is 1. The molecule has 0 saturated heterocycles. The molecule has 1 atom stereocenters. The van der Waals surface area contributed by atoms with E-state index < -0.39 is 0 Å². The van der Waals surface area contributed by atoms with Crippen molar-refractivity contribution in [3.63, 3.8) is 0 Å². The summed E-state index contributed by atoms with van der Waals surface area (Å²) in [6.45, 7) is 0.0241. The molecule has 21 heavy (non-hydrogen) atoms. The first-order valence-corrected chi connectivity index (χ1v) is 6.91. The minimum Gasteiger partial charge on any atom is -0.482 e. The number of nitrogens with one attached hydrogen (secondary N) is 1. The molecular weight excluding hydrogens is 266 g/mol. The zero-order valence-corrected chi connectivity index (χ0v) is 11.3. The lowest BCUT2D eigenvalue weighted by molar-refractivity contribution is -0.118. The first-order valence-electron chi connectivity index (χ1n) is 6.91. The molecule has 0 fully saturated rings. The Hall–Kier alpha value is -2.62. The molecule has 0 bridgehead atoms. The Labute approximate surface area is 121 Å². The van der Waals surface area contributed by atoms with Crippen molar-refractivity contribution in [1.82, 2.24) is 0 Å². The Balaban J connectivity index is 1.64. The van der Waals surface area contributed by atoms with Gasteiger partial charge in [-0.15, -0.1) is 0 Å². The van der Waals surface area contributed by atoms with Crippen LogP contribution in [0.5, 0.6) is 5.75 Å². The molecule has 1 unspecified atom stereocenters. The first kappa shape index (κ1) is 12.1. The lowest BCUT2D eigenvalue weighted by Gasteiger charge is -2.29. The molecule has 1 amide bonds. The van der Waals surface area contributed by atoms with Crippen molar-refractivity contribution in [2.75, 3.05) is 11.9 Å². The van der Waals surface area contributed by atoms with Gasteiger partial charge in [-0.1, -0.05) is 24.3 Å². The van der Waals surface area contributed by atoms with E-state index >= 15 is 0 Å². The molecule has 4 rings (SSSR count). The van der Waals surface area contributed by atoms with Crippen LogP contribution in [0.4, 0.5) is 5.69 Å². The molecule has 2 aromatic carbocycles. The number of fused-ring (bicyclic) bond motifs is 2. The Bertz CT molecular complexity index is 766. The molecule has 2 aromatic rings. The molecule has 0 radical (unpaired) electrons. The van der Waals surface area contributed by atoms with Crippen molar-refractivity contribution in [3.8, 4) is 5.75 Å². The maximum Gasteiger partial charge on any atom is 0.262 e. The molecular formula is C17H13NO3. The van der Waals surface area contributed by atoms with Crippen molar-refractivity contribution in [3.05, 3.63) is 59.2 Å². The van der Waals surface area contributed by atoms with Gasteiger partial charge in [0.05, 0.1) is 11.6 Å². The Kier molecular flexibility index (Phi) is 2.57. The van der Waals surface area contributed by atoms with Crippen LogP contribution in [0.1, 0.15) is 27.4 Å². The van der Waals surface area contributed by atoms with Crippen LogP contribution in [0.3, 0.4) is 0 Å². The van der Waals surface area contributed by atoms with Gasteiger partial charge in [0.25, 0.3) is 5.91 Å². The average molecular weight is 279 g/mol. The fraction of sp³-hybridized carbons (Fsp3) is 0.176. The molecule has 1 heterocycles. The van der Waals surface area contributed by atoms with Crippen LogP contribution >= 0.6 is 0 Å². The van der Waals surface area contributed by atoms with Gasteiger partial charge in [0.15, 0.2) is 12.4 Å². The monoisotopic (exact) mass is 279 g/mol. The van der Waals surface area contributed by atoms with E-state index in [4.69, 9.17) is 4.74 Å². The summed E-state index contributed by atoms with van der Waals surface area (Å²) in [4.78, 5) is 24.0. The highest BCUT2D eigenvalue weighted by atomic mass is 16.5. The van der Waals surface area contributed by atoms with Gasteiger partial charge in [0.2, 0.25) is 0 Å². The molecule has 2 aliphatic rings. The Morgan fingerprint density at radius 2 is 2.05 bits per heavy atom. The normalized spacial score (nSPS) is 18.7. The van der Waals surface area contributed by atoms with E-state index in [2.05, 4.69) is 11.4 Å². The van der Waals surface area contributed by atoms with Crippen molar-refractivity contribution < 1.29 is 14.3 Å². The number of benzene rings is 2. The van der Waals surface area contributed by atoms with Crippen LogP contribution in [0.15, 0.2) is 42.5 Å². The van der Waals surface area contributed by atoms with Crippen LogP contribution in [0.2, 0.25) is 0 Å². The second-order valence-corrected chi connectivity index (χ2v) is 5.37. The molecule has 1 aliphatic carbocycles. The fourth-order valence-electron chi connectivity index (χ4n) is 2.93. The highest BCUT2D eigenvalue weighted by molar-refractivity contribution is 6.05. The average Bonchev–Trinajstić information content (AvgIpc) is 2.47. The van der Waals surface area contributed by atoms with Gasteiger partial charge >= 0.3 is 0 Å². The van der Waals surface area contributed by atoms with Gasteiger partial charge in [0, 0.05) is 5.56 Å². The standard InChI is InChI=1S/C17H13NO3/c19-16-9-21-15-6-5-11(8-14(15)18-16)17(20)13-7-10-3-1-2-4-12(10)13/h1-6,8,13H,7,9H2,(H,18,19). The van der Waals surface area contributed by atoms with E-state index in [9.17, 15) is 9.59 Å². The third-order valence-corrected chi connectivity index (χ3v) is 4.07. The minimum absolute atomic E-state index is 0.0241. The molecule has 1 aliphatic heterocycles. The van der Waals surface area contributed by atoms with E-state index in [1.165, 1.54) is 5.56 Å². The fourth-order valence-corrected chi connectivity index (χ4v) is 2.93. The van der Waals surface area contributed by atoms with Crippen molar-refractivity contribution >= 4 is 17.4 Å². The summed E-state index contributed by atoms with van der Waals surface area (Å²) in [6, 6.07) is 13.2. The quantitative estimate of drug-likeness (QED) is 0.859. The van der Waals surface area contributed by atoms with Gasteiger partial charge in [-0.25, -0.2) is 0 Å². The minimum atomic E-state index is -0.193. The number of carbonyl (C=O) groups excluding carboxylic acids is 2. The smallest absolute Gasteiger partial charge is 0.262 e. The predicted molar refractivity (Wildman–Crippen MR) is 77.8 cm³/mol. The largest absolute Gasteiger partial charge is 0.482 e. The molecule has 0 saturated carbocycles. The van der Waals surface area contributed by atoms with E-state index in [1.807, 2.05) is 18.2 Å². The highest BCUT2D eigenvalue weighted by Gasteiger charge is 2.32. The van der Waals surface area contributed by atoms with Gasteiger partial charge in [-0.2, -0.15) is 0 Å². The van der Waals surface area contributed by atoms with Crippen molar-refractivity contribution in [2.45, 2.75) is 12.3 Å². The number of amides is 1. The van der Waals surface area contributed by atoms with Crippen LogP contribution < -0.4 is 10.1 Å². The van der Waals surface area contributed by atoms with Crippen LogP contribution in [-0.2, 0) is 11.2 Å². The summed E-state index contributed by atoms with van der Waals surface area (Å²) in [5.41, 5.74) is 3.54. The zero-order chi connectivity index (χ0) is 14.4. The second kappa shape index (κ2) is 4.45. The third kappa shape index (κ3) is 1.91. The van der Waals surface area contributed by atoms with Gasteiger partial charge in [0.1, 0.15) is 5.75 Å². The van der Waals surface area contributed by atoms with E-state index in [-0.39, 0.29) is 24.2 Å². The summed E-state index contributed by atoms with van der Waals surface area (Å²) in [6.07, 6.45) is 0.787. The van der Waals surface area contributed by atoms with Crippen LogP contribution in [0.25, 0.3) is 0 Å². The number of hydrogen-bond donors (Lipinski definition) is 1. The van der Waals surface area contributed by atoms with Crippen molar-refractivity contribution in [1.29, 1.82) is 0 Å². The summed E-state index contributed by atoms with van der Waals surface area (Å²) >= 11 is 0. The molecule has 4 heteroatoms. The summed E-state index contributed by atoms with van der Waals surface area (Å²) in [7, 11) is 0. The SMILES string of the molecule is O=C1COc2ccc(C(=O)C3Cc4ccccc43)cc2N1. The van der Waals surface area contributed by atoms with Gasteiger partial charge in [-0.05, 0) is 35.7 Å². The molecule has 4 nitrogen and oxygen atoms in total. The third-order valence-electron chi connectivity index (χ3n) is 4.07. The predicted octanol–water partition coefficient (Wildman–Crippen LogP) is 2.54. The number of ether oxygens (including phenoxy) is 1. The Morgan fingerprint density at radius 3 is 2.90 bits per heavy atom. The number of rotatable bonds is 2. The highest BCUT2D eigenvalue weighted by Crippen LogP contribution is 2.38. The van der Waals surface area contributed by atoms with Crippen molar-refractivity contribution in [2.24, 2.45) is 0 Å². The molecule has 0 aromatic heterocycles. The number of hydrogen-bond acceptors (Lipinski definition) is 3. The topological polar surface area (TPSA) is 55.4 Å². The zero-order valence-electron chi connectivity index (χ0n) is 11.3.